The molecule has 0 aliphatic rings. The highest BCUT2D eigenvalue weighted by Gasteiger charge is 2.26. The average Bonchev–Trinajstić information content (AvgIpc) is 2.49. The van der Waals surface area contributed by atoms with Crippen LogP contribution in [-0.4, -0.2) is 28.2 Å². The number of rotatable bonds is 4. The Kier molecular flexibility index (Phi) is 4.18. The van der Waals surface area contributed by atoms with Crippen molar-refractivity contribution in [2.24, 2.45) is 0 Å². The van der Waals surface area contributed by atoms with Crippen LogP contribution >= 0.6 is 0 Å². The largest absolute Gasteiger partial charge is 0.369 e. The molecule has 0 aromatic carbocycles. The first-order chi connectivity index (χ1) is 9.92. The monoisotopic (exact) mass is 287 g/mol. The van der Waals surface area contributed by atoms with Crippen LogP contribution in [0.2, 0.25) is 0 Å². The predicted molar refractivity (Wildman–Crippen MR) is 79.6 cm³/mol. The predicted octanol–water partition coefficient (Wildman–Crippen LogP) is 1.60. The van der Waals surface area contributed by atoms with Crippen LogP contribution in [-0.2, 0) is 9.53 Å². The van der Waals surface area contributed by atoms with Gasteiger partial charge in [0.2, 0.25) is 0 Å². The van der Waals surface area contributed by atoms with E-state index in [1.165, 1.54) is 19.2 Å². The molecule has 0 fully saturated rings. The molecule has 2 aromatic heterocycles. The van der Waals surface area contributed by atoms with Crippen molar-refractivity contribution < 1.29 is 9.53 Å². The zero-order valence-corrected chi connectivity index (χ0v) is 12.2. The number of ether oxygens (including phenoxy) is 1. The van der Waals surface area contributed by atoms with E-state index in [4.69, 9.17) is 4.74 Å². The van der Waals surface area contributed by atoms with Crippen LogP contribution in [0.3, 0.4) is 0 Å². The normalized spacial score (nSPS) is 11.2. The molecule has 0 saturated carbocycles. The van der Waals surface area contributed by atoms with Crippen molar-refractivity contribution in [1.29, 1.82) is 0 Å². The lowest BCUT2D eigenvalue weighted by molar-refractivity contribution is -0.133. The smallest absolute Gasteiger partial charge is 0.256 e. The van der Waals surface area contributed by atoms with Gasteiger partial charge < -0.3 is 14.6 Å². The molecule has 0 bridgehead atoms. The first-order valence-electron chi connectivity index (χ1n) is 6.44. The summed E-state index contributed by atoms with van der Waals surface area (Å²) in [6.45, 7) is 3.37. The lowest BCUT2D eigenvalue weighted by Gasteiger charge is -2.21. The summed E-state index contributed by atoms with van der Waals surface area (Å²) in [7, 11) is 1.48. The van der Waals surface area contributed by atoms with E-state index in [0.29, 0.717) is 11.5 Å². The van der Waals surface area contributed by atoms with Gasteiger partial charge in [-0.25, -0.2) is 4.98 Å². The molecule has 110 valence electrons. The molecule has 1 N–H and O–H groups in total. The SMILES string of the molecule is COC(C)(C)C(=O)Nc1ccc(-n2ccc(=O)cc2)nc1. The summed E-state index contributed by atoms with van der Waals surface area (Å²) in [5.74, 6) is 0.405. The van der Waals surface area contributed by atoms with Crippen molar-refractivity contribution in [2.45, 2.75) is 19.4 Å². The van der Waals surface area contributed by atoms with Crippen molar-refractivity contribution >= 4 is 11.6 Å². The van der Waals surface area contributed by atoms with Gasteiger partial charge in [-0.15, -0.1) is 0 Å². The second kappa shape index (κ2) is 5.88. The van der Waals surface area contributed by atoms with E-state index in [-0.39, 0.29) is 11.3 Å². The van der Waals surface area contributed by atoms with E-state index >= 15 is 0 Å². The number of carbonyl (C=O) groups is 1. The molecule has 6 heteroatoms. The molecule has 0 aliphatic heterocycles. The third kappa shape index (κ3) is 3.55. The molecule has 0 atom stereocenters. The number of pyridine rings is 2. The highest BCUT2D eigenvalue weighted by molar-refractivity contribution is 5.96. The standard InChI is InChI=1S/C15H17N3O3/c1-15(2,21-3)14(20)17-11-4-5-13(16-10-11)18-8-6-12(19)7-9-18/h4-10H,1-3H3,(H,17,20). The molecule has 0 saturated heterocycles. The van der Waals surface area contributed by atoms with Crippen LogP contribution in [0.15, 0.2) is 47.7 Å². The number of nitrogens with zero attached hydrogens (tertiary/aromatic N) is 2. The molecule has 21 heavy (non-hydrogen) atoms. The van der Waals surface area contributed by atoms with Gasteiger partial charge in [0.05, 0.1) is 11.9 Å². The molecule has 0 aliphatic carbocycles. The number of nitrogens with one attached hydrogen (secondary N) is 1. The van der Waals surface area contributed by atoms with Crippen LogP contribution in [0.1, 0.15) is 13.8 Å². The zero-order valence-electron chi connectivity index (χ0n) is 12.2. The fraction of sp³-hybridized carbons (Fsp3) is 0.267. The number of hydrogen-bond acceptors (Lipinski definition) is 4. The molecule has 2 rings (SSSR count). The summed E-state index contributed by atoms with van der Waals surface area (Å²) >= 11 is 0. The number of aromatic nitrogens is 2. The minimum absolute atomic E-state index is 0.0584. The van der Waals surface area contributed by atoms with E-state index in [1.807, 2.05) is 0 Å². The molecule has 2 heterocycles. The number of anilines is 1. The van der Waals surface area contributed by atoms with Gasteiger partial charge in [-0.1, -0.05) is 0 Å². The number of hydrogen-bond donors (Lipinski definition) is 1. The zero-order chi connectivity index (χ0) is 15.5. The van der Waals surface area contributed by atoms with Gasteiger partial charge in [0.15, 0.2) is 5.43 Å². The first-order valence-corrected chi connectivity index (χ1v) is 6.44. The molecule has 0 radical (unpaired) electrons. The fourth-order valence-electron chi connectivity index (χ4n) is 1.55. The van der Waals surface area contributed by atoms with Gasteiger partial charge in [-0.3, -0.25) is 9.59 Å². The minimum atomic E-state index is -0.905. The summed E-state index contributed by atoms with van der Waals surface area (Å²) in [5.41, 5.74) is -0.385. The van der Waals surface area contributed by atoms with Gasteiger partial charge >= 0.3 is 0 Å². The fourth-order valence-corrected chi connectivity index (χ4v) is 1.55. The van der Waals surface area contributed by atoms with E-state index in [0.717, 1.165) is 0 Å². The van der Waals surface area contributed by atoms with Crippen LogP contribution in [0.5, 0.6) is 0 Å². The lowest BCUT2D eigenvalue weighted by atomic mass is 10.1. The maximum absolute atomic E-state index is 12.0. The van der Waals surface area contributed by atoms with E-state index in [2.05, 4.69) is 10.3 Å². The van der Waals surface area contributed by atoms with Crippen molar-refractivity contribution in [1.82, 2.24) is 9.55 Å². The van der Waals surface area contributed by atoms with Crippen LogP contribution in [0.25, 0.3) is 5.82 Å². The van der Waals surface area contributed by atoms with E-state index in [1.54, 1.807) is 49.1 Å². The Morgan fingerprint density at radius 2 is 1.90 bits per heavy atom. The van der Waals surface area contributed by atoms with Crippen molar-refractivity contribution in [3.8, 4) is 5.82 Å². The molecule has 0 spiro atoms. The van der Waals surface area contributed by atoms with Crippen LogP contribution in [0.4, 0.5) is 5.69 Å². The first kappa shape index (κ1) is 14.9. The third-order valence-electron chi connectivity index (χ3n) is 3.13. The van der Waals surface area contributed by atoms with Gasteiger partial charge in [-0.2, -0.15) is 0 Å². The topological polar surface area (TPSA) is 73.2 Å². The molecular formula is C15H17N3O3. The Hall–Kier alpha value is -2.47. The summed E-state index contributed by atoms with van der Waals surface area (Å²) in [4.78, 5) is 27.3. The Morgan fingerprint density at radius 3 is 2.43 bits per heavy atom. The Labute approximate surface area is 122 Å². The molecule has 2 aromatic rings. The van der Waals surface area contributed by atoms with Gasteiger partial charge in [0, 0.05) is 31.6 Å². The Morgan fingerprint density at radius 1 is 1.24 bits per heavy atom. The van der Waals surface area contributed by atoms with Crippen LogP contribution < -0.4 is 10.7 Å². The number of methoxy groups -OCH3 is 1. The second-order valence-corrected chi connectivity index (χ2v) is 5.01. The average molecular weight is 287 g/mol. The third-order valence-corrected chi connectivity index (χ3v) is 3.13. The Balaban J connectivity index is 2.14. The van der Waals surface area contributed by atoms with Gasteiger partial charge in [0.1, 0.15) is 11.4 Å². The second-order valence-electron chi connectivity index (χ2n) is 5.01. The van der Waals surface area contributed by atoms with Gasteiger partial charge in [0.25, 0.3) is 5.91 Å². The quantitative estimate of drug-likeness (QED) is 0.927. The van der Waals surface area contributed by atoms with Crippen molar-refractivity contribution in [2.75, 3.05) is 12.4 Å². The molecule has 1 amide bonds. The summed E-state index contributed by atoms with van der Waals surface area (Å²) in [5, 5.41) is 2.74. The molecule has 6 nitrogen and oxygen atoms in total. The van der Waals surface area contributed by atoms with Gasteiger partial charge in [-0.05, 0) is 26.0 Å². The highest BCUT2D eigenvalue weighted by Crippen LogP contribution is 2.14. The lowest BCUT2D eigenvalue weighted by Crippen LogP contribution is -2.38. The molecule has 0 unspecified atom stereocenters. The van der Waals surface area contributed by atoms with Crippen LogP contribution in [0, 0.1) is 0 Å². The summed E-state index contributed by atoms with van der Waals surface area (Å²) < 4.78 is 6.82. The maximum Gasteiger partial charge on any atom is 0.256 e. The summed E-state index contributed by atoms with van der Waals surface area (Å²) in [6.07, 6.45) is 4.82. The van der Waals surface area contributed by atoms with E-state index in [9.17, 15) is 9.59 Å². The maximum atomic E-state index is 12.0. The minimum Gasteiger partial charge on any atom is -0.369 e. The highest BCUT2D eigenvalue weighted by atomic mass is 16.5. The van der Waals surface area contributed by atoms with Crippen molar-refractivity contribution in [3.63, 3.8) is 0 Å². The Bertz CT molecular complexity index is 670. The summed E-state index contributed by atoms with van der Waals surface area (Å²) in [6, 6.07) is 6.40. The van der Waals surface area contributed by atoms with E-state index < -0.39 is 5.60 Å². The molecular weight excluding hydrogens is 270 g/mol. The number of amides is 1. The number of carbonyl (C=O) groups excluding carboxylic acids is 1. The van der Waals surface area contributed by atoms with Crippen molar-refractivity contribution in [3.05, 3.63) is 53.1 Å².